The number of aromatic nitrogens is 4. The fourth-order valence-corrected chi connectivity index (χ4v) is 5.34. The summed E-state index contributed by atoms with van der Waals surface area (Å²) in [5.74, 6) is 3.19. The van der Waals surface area contributed by atoms with Crippen molar-refractivity contribution < 1.29 is 18.9 Å². The molecule has 1 aromatic carbocycles. The van der Waals surface area contributed by atoms with E-state index in [1.54, 1.807) is 25.8 Å². The lowest BCUT2D eigenvalue weighted by molar-refractivity contribution is -0.155. The van der Waals surface area contributed by atoms with Crippen molar-refractivity contribution in [3.8, 4) is 5.69 Å². The summed E-state index contributed by atoms with van der Waals surface area (Å²) < 4.78 is 12.9. The van der Waals surface area contributed by atoms with Crippen molar-refractivity contribution in [2.24, 2.45) is 0 Å². The Hall–Kier alpha value is -2.91. The Labute approximate surface area is 215 Å². The summed E-state index contributed by atoms with van der Waals surface area (Å²) in [4.78, 5) is 18.0. The standard InChI is InChI=1S/C26H32ClN5O4/c1-15-16(2)35-30-23(15)17-6-8-18(9-7-17)24-29-28-22-14-31(36-25(33)34-26(3,4)5)13-19-12-20(27)10-11-21(19)32(22)24/h10-12,17-18H,6-9,13-14H2,1-5H3/t17-,18-. The molecule has 0 spiro atoms. The third kappa shape index (κ3) is 4.99. The number of carbonyl (C=O) groups is 1. The Morgan fingerprint density at radius 1 is 1.08 bits per heavy atom. The molecule has 9 nitrogen and oxygen atoms in total. The second kappa shape index (κ2) is 9.52. The largest absolute Gasteiger partial charge is 0.528 e. The number of rotatable bonds is 3. The number of ether oxygens (including phenoxy) is 1. The van der Waals surface area contributed by atoms with Crippen LogP contribution in [0.15, 0.2) is 22.7 Å². The van der Waals surface area contributed by atoms with Crippen LogP contribution in [0.25, 0.3) is 5.69 Å². The molecule has 1 aliphatic carbocycles. The van der Waals surface area contributed by atoms with Gasteiger partial charge in [-0.15, -0.1) is 15.3 Å². The van der Waals surface area contributed by atoms with Crippen LogP contribution in [0, 0.1) is 13.8 Å². The minimum atomic E-state index is -0.754. The van der Waals surface area contributed by atoms with Gasteiger partial charge in [0.25, 0.3) is 0 Å². The first-order chi connectivity index (χ1) is 17.1. The molecule has 1 fully saturated rings. The van der Waals surface area contributed by atoms with Crippen LogP contribution in [0.1, 0.15) is 92.5 Å². The number of carbonyl (C=O) groups excluding carboxylic acids is 1. The third-order valence-corrected chi connectivity index (χ3v) is 7.20. The quantitative estimate of drug-likeness (QED) is 0.385. The van der Waals surface area contributed by atoms with Gasteiger partial charge in [-0.05, 0) is 84.1 Å². The van der Waals surface area contributed by atoms with Crippen LogP contribution in [0.3, 0.4) is 0 Å². The minimum Gasteiger partial charge on any atom is -0.427 e. The van der Waals surface area contributed by atoms with Gasteiger partial charge in [0.1, 0.15) is 17.2 Å². The molecular formula is C26H32ClN5O4. The van der Waals surface area contributed by atoms with Crippen LogP contribution < -0.4 is 0 Å². The molecule has 0 N–H and O–H groups in total. The zero-order valence-corrected chi connectivity index (χ0v) is 22.1. The first-order valence-corrected chi connectivity index (χ1v) is 12.8. The summed E-state index contributed by atoms with van der Waals surface area (Å²) in [5.41, 5.74) is 3.47. The van der Waals surface area contributed by atoms with Gasteiger partial charge in [0, 0.05) is 22.4 Å². The van der Waals surface area contributed by atoms with E-state index in [0.29, 0.717) is 23.3 Å². The van der Waals surface area contributed by atoms with E-state index in [1.807, 2.05) is 25.1 Å². The number of aryl methyl sites for hydroxylation is 1. The van der Waals surface area contributed by atoms with Gasteiger partial charge in [-0.3, -0.25) is 4.57 Å². The van der Waals surface area contributed by atoms with Crippen molar-refractivity contribution in [3.05, 3.63) is 57.5 Å². The van der Waals surface area contributed by atoms with Crippen molar-refractivity contribution in [1.82, 2.24) is 25.0 Å². The normalized spacial score (nSPS) is 20.4. The number of hydrogen-bond donors (Lipinski definition) is 0. The highest BCUT2D eigenvalue weighted by Gasteiger charge is 2.33. The molecule has 36 heavy (non-hydrogen) atoms. The number of benzene rings is 1. The van der Waals surface area contributed by atoms with Crippen LogP contribution in [-0.2, 0) is 22.7 Å². The maximum atomic E-state index is 12.4. The molecular weight excluding hydrogens is 482 g/mol. The molecule has 0 amide bonds. The van der Waals surface area contributed by atoms with Gasteiger partial charge in [0.15, 0.2) is 5.82 Å². The van der Waals surface area contributed by atoms with E-state index in [-0.39, 0.29) is 12.5 Å². The van der Waals surface area contributed by atoms with E-state index >= 15 is 0 Å². The predicted octanol–water partition coefficient (Wildman–Crippen LogP) is 6.15. The first-order valence-electron chi connectivity index (χ1n) is 12.4. The number of hydroxylamine groups is 2. The Morgan fingerprint density at radius 3 is 2.47 bits per heavy atom. The van der Waals surface area contributed by atoms with E-state index in [1.165, 1.54) is 0 Å². The smallest absolute Gasteiger partial charge is 0.427 e. The maximum Gasteiger partial charge on any atom is 0.528 e. The predicted molar refractivity (Wildman–Crippen MR) is 133 cm³/mol. The molecule has 0 saturated heterocycles. The zero-order valence-electron chi connectivity index (χ0n) is 21.4. The van der Waals surface area contributed by atoms with Gasteiger partial charge in [-0.1, -0.05) is 16.8 Å². The molecule has 1 aliphatic heterocycles. The number of hydrogen-bond acceptors (Lipinski definition) is 8. The average Bonchev–Trinajstić information content (AvgIpc) is 3.31. The van der Waals surface area contributed by atoms with Gasteiger partial charge >= 0.3 is 6.16 Å². The second-order valence-electron chi connectivity index (χ2n) is 10.7. The molecule has 3 heterocycles. The Kier molecular flexibility index (Phi) is 6.55. The summed E-state index contributed by atoms with van der Waals surface area (Å²) in [7, 11) is 0. The van der Waals surface area contributed by atoms with E-state index in [2.05, 4.69) is 26.8 Å². The lowest BCUT2D eigenvalue weighted by Gasteiger charge is -2.27. The molecule has 2 aromatic heterocycles. The van der Waals surface area contributed by atoms with Gasteiger partial charge < -0.3 is 14.1 Å². The van der Waals surface area contributed by atoms with Gasteiger partial charge in [-0.2, -0.15) is 0 Å². The Morgan fingerprint density at radius 2 is 1.81 bits per heavy atom. The molecule has 0 unspecified atom stereocenters. The van der Waals surface area contributed by atoms with Crippen molar-refractivity contribution in [2.45, 2.75) is 90.8 Å². The number of fused-ring (bicyclic) bond motifs is 3. The highest BCUT2D eigenvalue weighted by Crippen LogP contribution is 2.42. The molecule has 10 heteroatoms. The lowest BCUT2D eigenvalue weighted by Crippen LogP contribution is -2.31. The van der Waals surface area contributed by atoms with E-state index in [9.17, 15) is 4.79 Å². The molecule has 3 aromatic rings. The van der Waals surface area contributed by atoms with Crippen molar-refractivity contribution in [2.75, 3.05) is 0 Å². The summed E-state index contributed by atoms with van der Waals surface area (Å²) in [6.45, 7) is 10.1. The maximum absolute atomic E-state index is 12.4. The number of halogens is 1. The fourth-order valence-electron chi connectivity index (χ4n) is 5.14. The van der Waals surface area contributed by atoms with Crippen molar-refractivity contribution in [3.63, 3.8) is 0 Å². The lowest BCUT2D eigenvalue weighted by atomic mass is 9.79. The molecule has 192 valence electrons. The zero-order chi connectivity index (χ0) is 25.6. The van der Waals surface area contributed by atoms with Crippen LogP contribution >= 0.6 is 11.6 Å². The van der Waals surface area contributed by atoms with E-state index < -0.39 is 11.8 Å². The Bertz CT molecular complexity index is 1270. The van der Waals surface area contributed by atoms with Crippen LogP contribution in [0.2, 0.25) is 5.02 Å². The highest BCUT2D eigenvalue weighted by atomic mass is 35.5. The summed E-state index contributed by atoms with van der Waals surface area (Å²) in [6, 6.07) is 5.75. The first kappa shape index (κ1) is 24.8. The molecule has 0 bridgehead atoms. The van der Waals surface area contributed by atoms with E-state index in [4.69, 9.17) is 25.7 Å². The highest BCUT2D eigenvalue weighted by molar-refractivity contribution is 6.30. The minimum absolute atomic E-state index is 0.262. The number of nitrogens with zero attached hydrogens (tertiary/aromatic N) is 5. The topological polar surface area (TPSA) is 95.5 Å². The SMILES string of the molecule is Cc1onc([C@H]2CC[C@H](c3nnc4n3-c3ccc(Cl)cc3CN(OC(=O)OC(C)(C)C)C4)CC2)c1C. The monoisotopic (exact) mass is 513 g/mol. The summed E-state index contributed by atoms with van der Waals surface area (Å²) >= 11 is 6.34. The van der Waals surface area contributed by atoms with Crippen LogP contribution in [0.5, 0.6) is 0 Å². The second-order valence-corrected chi connectivity index (χ2v) is 11.2. The molecule has 0 atom stereocenters. The van der Waals surface area contributed by atoms with E-state index in [0.717, 1.165) is 59.8 Å². The fraction of sp³-hybridized carbons (Fsp3) is 0.538. The van der Waals surface area contributed by atoms with Gasteiger partial charge in [-0.25, -0.2) is 4.79 Å². The molecule has 0 radical (unpaired) electrons. The van der Waals surface area contributed by atoms with Crippen molar-refractivity contribution >= 4 is 17.8 Å². The van der Waals surface area contributed by atoms with Crippen LogP contribution in [-0.4, -0.2) is 36.7 Å². The van der Waals surface area contributed by atoms with Crippen molar-refractivity contribution in [1.29, 1.82) is 0 Å². The van der Waals surface area contributed by atoms with Crippen LogP contribution in [0.4, 0.5) is 4.79 Å². The molecule has 1 saturated carbocycles. The summed E-state index contributed by atoms with van der Waals surface area (Å²) in [6.07, 6.45) is 3.24. The van der Waals surface area contributed by atoms with Gasteiger partial charge in [0.2, 0.25) is 0 Å². The molecule has 5 rings (SSSR count). The van der Waals surface area contributed by atoms with Gasteiger partial charge in [0.05, 0.1) is 24.5 Å². The summed E-state index contributed by atoms with van der Waals surface area (Å²) in [5, 5.41) is 15.6. The Balaban J connectivity index is 1.40. The molecule has 2 aliphatic rings. The third-order valence-electron chi connectivity index (χ3n) is 6.97. The average molecular weight is 514 g/mol.